The van der Waals surface area contributed by atoms with E-state index in [1.54, 1.807) is 24.3 Å². The van der Waals surface area contributed by atoms with Gasteiger partial charge >= 0.3 is 0 Å². The van der Waals surface area contributed by atoms with Crippen LogP contribution in [0.4, 0.5) is 10.1 Å². The molecule has 1 atom stereocenters. The Hall–Kier alpha value is -3.15. The zero-order chi connectivity index (χ0) is 18.1. The van der Waals surface area contributed by atoms with Crippen LogP contribution >= 0.6 is 0 Å². The highest BCUT2D eigenvalue weighted by Crippen LogP contribution is 2.41. The first-order chi connectivity index (χ1) is 11.9. The molecular weight excluding hydrogens is 325 g/mol. The van der Waals surface area contributed by atoms with E-state index < -0.39 is 29.3 Å². The summed E-state index contributed by atoms with van der Waals surface area (Å²) in [6, 6.07) is 11.4. The van der Waals surface area contributed by atoms with E-state index in [9.17, 15) is 19.1 Å². The molecule has 0 saturated carbocycles. The van der Waals surface area contributed by atoms with Crippen LogP contribution in [0, 0.1) is 5.82 Å². The van der Waals surface area contributed by atoms with Crippen molar-refractivity contribution in [3.63, 3.8) is 0 Å². The van der Waals surface area contributed by atoms with Crippen LogP contribution in [0.25, 0.3) is 0 Å². The molecule has 6 heteroatoms. The molecule has 1 amide bonds. The van der Waals surface area contributed by atoms with Gasteiger partial charge in [0.15, 0.2) is 11.5 Å². The van der Waals surface area contributed by atoms with E-state index in [-0.39, 0.29) is 5.57 Å². The van der Waals surface area contributed by atoms with E-state index in [1.165, 1.54) is 43.2 Å². The molecule has 1 aliphatic rings. The fourth-order valence-corrected chi connectivity index (χ4v) is 2.93. The van der Waals surface area contributed by atoms with E-state index in [1.807, 2.05) is 0 Å². The summed E-state index contributed by atoms with van der Waals surface area (Å²) in [5, 5.41) is 10.2. The summed E-state index contributed by atoms with van der Waals surface area (Å²) in [6.45, 7) is 1.30. The summed E-state index contributed by atoms with van der Waals surface area (Å²) in [5.74, 6) is -1.51. The van der Waals surface area contributed by atoms with Crippen molar-refractivity contribution in [3.8, 4) is 5.75 Å². The first kappa shape index (κ1) is 16.7. The molecule has 25 heavy (non-hydrogen) atoms. The predicted molar refractivity (Wildman–Crippen MR) is 90.0 cm³/mol. The molecule has 0 bridgehead atoms. The van der Waals surface area contributed by atoms with Gasteiger partial charge in [0, 0.05) is 5.69 Å². The second-order valence-corrected chi connectivity index (χ2v) is 5.65. The van der Waals surface area contributed by atoms with Gasteiger partial charge in [0.25, 0.3) is 5.91 Å². The Morgan fingerprint density at radius 2 is 1.72 bits per heavy atom. The molecule has 2 aromatic rings. The number of nitrogens with zero attached hydrogens (tertiary/aromatic N) is 1. The smallest absolute Gasteiger partial charge is 0.294 e. The maximum atomic E-state index is 13.2. The van der Waals surface area contributed by atoms with Gasteiger partial charge in [0.05, 0.1) is 18.7 Å². The van der Waals surface area contributed by atoms with Crippen molar-refractivity contribution in [2.45, 2.75) is 13.0 Å². The molecule has 1 aliphatic heterocycles. The second kappa shape index (κ2) is 6.39. The third-order valence-electron chi connectivity index (χ3n) is 4.12. The van der Waals surface area contributed by atoms with E-state index in [2.05, 4.69) is 0 Å². The highest BCUT2D eigenvalue weighted by molar-refractivity contribution is 6.16. The van der Waals surface area contributed by atoms with E-state index in [0.717, 1.165) is 0 Å². The van der Waals surface area contributed by atoms with Gasteiger partial charge in [-0.1, -0.05) is 12.1 Å². The standard InChI is InChI=1S/C19H16FNO4/c1-11(22)16-17(12-3-9-15(25-2)10-4-12)21(19(24)18(16)23)14-7-5-13(20)6-8-14/h3-10,17,23H,1-2H3/t17-/m1/s1. The molecule has 0 aromatic heterocycles. The lowest BCUT2D eigenvalue weighted by molar-refractivity contribution is -0.117. The number of carbonyl (C=O) groups excluding carboxylic acids is 2. The zero-order valence-electron chi connectivity index (χ0n) is 13.7. The average molecular weight is 341 g/mol. The number of amides is 1. The Morgan fingerprint density at radius 1 is 1.12 bits per heavy atom. The first-order valence-electron chi connectivity index (χ1n) is 7.61. The van der Waals surface area contributed by atoms with Crippen LogP contribution in [0.5, 0.6) is 5.75 Å². The second-order valence-electron chi connectivity index (χ2n) is 5.65. The molecule has 0 aliphatic carbocycles. The number of Topliss-reactive ketones (excluding diaryl/α,β-unsaturated/α-hetero) is 1. The van der Waals surface area contributed by atoms with Crippen LogP contribution in [0.1, 0.15) is 18.5 Å². The number of hydrogen-bond donors (Lipinski definition) is 1. The molecular formula is C19H16FNO4. The molecule has 128 valence electrons. The Labute approximate surface area is 144 Å². The lowest BCUT2D eigenvalue weighted by atomic mass is 9.96. The lowest BCUT2D eigenvalue weighted by Crippen LogP contribution is -2.30. The van der Waals surface area contributed by atoms with Crippen molar-refractivity contribution in [2.75, 3.05) is 12.0 Å². The van der Waals surface area contributed by atoms with Gasteiger partial charge in [-0.3, -0.25) is 14.5 Å². The molecule has 1 heterocycles. The van der Waals surface area contributed by atoms with Crippen LogP contribution in [0.2, 0.25) is 0 Å². The van der Waals surface area contributed by atoms with Crippen LogP contribution in [0.15, 0.2) is 59.9 Å². The highest BCUT2D eigenvalue weighted by Gasteiger charge is 2.43. The number of methoxy groups -OCH3 is 1. The monoisotopic (exact) mass is 341 g/mol. The number of hydrogen-bond acceptors (Lipinski definition) is 4. The number of halogens is 1. The van der Waals surface area contributed by atoms with E-state index >= 15 is 0 Å². The molecule has 0 unspecified atom stereocenters. The summed E-state index contributed by atoms with van der Waals surface area (Å²) in [5.41, 5.74) is 1.03. The average Bonchev–Trinajstić information content (AvgIpc) is 2.87. The van der Waals surface area contributed by atoms with Crippen LogP contribution in [0.3, 0.4) is 0 Å². The molecule has 0 radical (unpaired) electrons. The van der Waals surface area contributed by atoms with Crippen LogP contribution in [-0.4, -0.2) is 23.9 Å². The number of aliphatic hydroxyl groups excluding tert-OH is 1. The van der Waals surface area contributed by atoms with Crippen LogP contribution < -0.4 is 9.64 Å². The molecule has 5 nitrogen and oxygen atoms in total. The number of anilines is 1. The Kier molecular flexibility index (Phi) is 4.27. The fourth-order valence-electron chi connectivity index (χ4n) is 2.93. The summed E-state index contributed by atoms with van der Waals surface area (Å²) < 4.78 is 18.3. The van der Waals surface area contributed by atoms with Gasteiger partial charge in [0.1, 0.15) is 11.6 Å². The van der Waals surface area contributed by atoms with Gasteiger partial charge in [-0.15, -0.1) is 0 Å². The van der Waals surface area contributed by atoms with Gasteiger partial charge in [-0.2, -0.15) is 0 Å². The predicted octanol–water partition coefficient (Wildman–Crippen LogP) is 3.32. The number of benzene rings is 2. The van der Waals surface area contributed by atoms with E-state index in [0.29, 0.717) is 17.0 Å². The molecule has 2 aromatic carbocycles. The third-order valence-corrected chi connectivity index (χ3v) is 4.12. The first-order valence-corrected chi connectivity index (χ1v) is 7.61. The number of ether oxygens (including phenoxy) is 1. The molecule has 0 fully saturated rings. The zero-order valence-corrected chi connectivity index (χ0v) is 13.7. The Bertz CT molecular complexity index is 856. The van der Waals surface area contributed by atoms with Crippen molar-refractivity contribution in [1.82, 2.24) is 0 Å². The van der Waals surface area contributed by atoms with Crippen molar-refractivity contribution >= 4 is 17.4 Å². The van der Waals surface area contributed by atoms with Gasteiger partial charge in [-0.05, 0) is 48.9 Å². The van der Waals surface area contributed by atoms with E-state index in [4.69, 9.17) is 4.74 Å². The molecule has 3 rings (SSSR count). The van der Waals surface area contributed by atoms with Crippen molar-refractivity contribution < 1.29 is 23.8 Å². The normalized spacial score (nSPS) is 17.2. The van der Waals surface area contributed by atoms with Crippen LogP contribution in [-0.2, 0) is 9.59 Å². The number of aliphatic hydroxyl groups is 1. The molecule has 1 N–H and O–H groups in total. The minimum atomic E-state index is -0.790. The topological polar surface area (TPSA) is 66.8 Å². The third kappa shape index (κ3) is 2.87. The molecule has 0 spiro atoms. The van der Waals surface area contributed by atoms with Crippen molar-refractivity contribution in [3.05, 3.63) is 71.2 Å². The van der Waals surface area contributed by atoms with Crippen molar-refractivity contribution in [2.24, 2.45) is 0 Å². The van der Waals surface area contributed by atoms with Gasteiger partial charge in [0.2, 0.25) is 0 Å². The summed E-state index contributed by atoms with van der Waals surface area (Å²) in [6.07, 6.45) is 0. The SMILES string of the molecule is COc1ccc([C@@H]2C(C(C)=O)=C(O)C(=O)N2c2ccc(F)cc2)cc1. The summed E-state index contributed by atoms with van der Waals surface area (Å²) in [4.78, 5) is 25.9. The number of rotatable bonds is 4. The quantitative estimate of drug-likeness (QED) is 0.926. The van der Waals surface area contributed by atoms with Gasteiger partial charge in [-0.25, -0.2) is 4.39 Å². The number of ketones is 1. The minimum absolute atomic E-state index is 0.0134. The number of carbonyl (C=O) groups is 2. The summed E-state index contributed by atoms with van der Waals surface area (Å²) >= 11 is 0. The highest BCUT2D eigenvalue weighted by atomic mass is 19.1. The molecule has 0 saturated heterocycles. The largest absolute Gasteiger partial charge is 0.503 e. The Balaban J connectivity index is 2.13. The minimum Gasteiger partial charge on any atom is -0.503 e. The van der Waals surface area contributed by atoms with Crippen molar-refractivity contribution in [1.29, 1.82) is 0 Å². The Morgan fingerprint density at radius 3 is 2.24 bits per heavy atom. The fraction of sp³-hybridized carbons (Fsp3) is 0.158. The maximum absolute atomic E-state index is 13.2. The summed E-state index contributed by atoms with van der Waals surface area (Å²) in [7, 11) is 1.53. The lowest BCUT2D eigenvalue weighted by Gasteiger charge is -2.26. The maximum Gasteiger partial charge on any atom is 0.294 e. The van der Waals surface area contributed by atoms with Gasteiger partial charge < -0.3 is 9.84 Å².